The van der Waals surface area contributed by atoms with Gasteiger partial charge < -0.3 is 19.1 Å². The van der Waals surface area contributed by atoms with Gasteiger partial charge in [-0.3, -0.25) is 4.79 Å². The molecule has 0 radical (unpaired) electrons. The van der Waals surface area contributed by atoms with Gasteiger partial charge in [0.15, 0.2) is 17.3 Å². The minimum absolute atomic E-state index is 0.108. The van der Waals surface area contributed by atoms with Crippen LogP contribution in [0.5, 0.6) is 5.75 Å². The molecule has 35 heavy (non-hydrogen) atoms. The number of rotatable bonds is 8. The van der Waals surface area contributed by atoms with Gasteiger partial charge in [-0.1, -0.05) is 31.0 Å². The van der Waals surface area contributed by atoms with Crippen LogP contribution in [0.4, 0.5) is 5.82 Å². The number of hydrogen-bond acceptors (Lipinski definition) is 7. The van der Waals surface area contributed by atoms with E-state index < -0.39 is 5.97 Å². The molecule has 4 rings (SSSR count). The quantitative estimate of drug-likeness (QED) is 0.469. The van der Waals surface area contributed by atoms with Gasteiger partial charge in [0.2, 0.25) is 0 Å². The normalized spacial score (nSPS) is 21.3. The lowest BCUT2D eigenvalue weighted by Gasteiger charge is -2.40. The fraction of sp³-hybridized carbons (Fsp3) is 0.519. The van der Waals surface area contributed by atoms with E-state index in [2.05, 4.69) is 28.9 Å². The Bertz CT molecular complexity index is 1080. The van der Waals surface area contributed by atoms with Crippen molar-refractivity contribution in [2.45, 2.75) is 45.4 Å². The zero-order chi connectivity index (χ0) is 24.9. The first kappa shape index (κ1) is 25.3. The van der Waals surface area contributed by atoms with Crippen LogP contribution in [0.25, 0.3) is 0 Å². The second kappa shape index (κ2) is 11.3. The molecular formula is C27H33ClN2O5. The van der Waals surface area contributed by atoms with Gasteiger partial charge in [0.05, 0.1) is 20.3 Å². The number of pyridine rings is 1. The van der Waals surface area contributed by atoms with Gasteiger partial charge in [-0.25, -0.2) is 9.78 Å². The van der Waals surface area contributed by atoms with Crippen molar-refractivity contribution in [1.29, 1.82) is 0 Å². The van der Waals surface area contributed by atoms with E-state index in [-0.39, 0.29) is 17.6 Å². The van der Waals surface area contributed by atoms with Crippen LogP contribution in [0.3, 0.4) is 0 Å². The molecule has 3 unspecified atom stereocenters. The number of aromatic nitrogens is 1. The lowest BCUT2D eigenvalue weighted by molar-refractivity contribution is -0.144. The van der Waals surface area contributed by atoms with Gasteiger partial charge in [-0.2, -0.15) is 0 Å². The summed E-state index contributed by atoms with van der Waals surface area (Å²) >= 11 is 6.32. The average Bonchev–Trinajstić information content (AvgIpc) is 3.00. The monoisotopic (exact) mass is 500 g/mol. The van der Waals surface area contributed by atoms with Crippen LogP contribution < -0.4 is 9.64 Å². The smallest absolute Gasteiger partial charge is 0.356 e. The molecule has 3 atom stereocenters. The van der Waals surface area contributed by atoms with Gasteiger partial charge in [0.25, 0.3) is 0 Å². The molecule has 1 aromatic carbocycles. The van der Waals surface area contributed by atoms with E-state index in [1.165, 1.54) is 25.2 Å². The van der Waals surface area contributed by atoms with Crippen molar-refractivity contribution >= 4 is 29.4 Å². The summed E-state index contributed by atoms with van der Waals surface area (Å²) in [4.78, 5) is 30.4. The van der Waals surface area contributed by atoms with Gasteiger partial charge in [-0.15, -0.1) is 0 Å². The highest BCUT2D eigenvalue weighted by molar-refractivity contribution is 6.30. The Morgan fingerprint density at radius 3 is 2.69 bits per heavy atom. The first-order valence-electron chi connectivity index (χ1n) is 12.3. The minimum Gasteiger partial charge on any atom is -0.489 e. The van der Waals surface area contributed by atoms with E-state index in [0.717, 1.165) is 37.3 Å². The lowest BCUT2D eigenvalue weighted by Crippen LogP contribution is -2.42. The Kier molecular flexibility index (Phi) is 8.16. The zero-order valence-corrected chi connectivity index (χ0v) is 21.3. The maximum atomic E-state index is 12.2. The van der Waals surface area contributed by atoms with Crippen molar-refractivity contribution in [3.05, 3.63) is 52.2 Å². The number of esters is 2. The molecule has 1 aliphatic heterocycles. The molecule has 8 heteroatoms. The molecule has 0 N–H and O–H groups in total. The molecule has 1 aromatic heterocycles. The summed E-state index contributed by atoms with van der Waals surface area (Å²) in [6, 6.07) is 9.54. The molecule has 188 valence electrons. The highest BCUT2D eigenvalue weighted by Crippen LogP contribution is 2.40. The third-order valence-corrected chi connectivity index (χ3v) is 7.24. The SMILES string of the molecule is CCCc1cc(Cl)ccc1C1COc2ccc(C(=O)OC)nc2N(CC2CCC2COC(C)=O)C1. The number of carbonyl (C=O) groups excluding carboxylic acids is 2. The van der Waals surface area contributed by atoms with Crippen molar-refractivity contribution in [1.82, 2.24) is 4.98 Å². The van der Waals surface area contributed by atoms with Gasteiger partial charge in [0.1, 0.15) is 0 Å². The van der Waals surface area contributed by atoms with Crippen LogP contribution in [-0.2, 0) is 20.7 Å². The number of fused-ring (bicyclic) bond motifs is 1. The van der Waals surface area contributed by atoms with Crippen LogP contribution in [0.2, 0.25) is 5.02 Å². The molecule has 1 fully saturated rings. The molecule has 1 aliphatic carbocycles. The van der Waals surface area contributed by atoms with Gasteiger partial charge >= 0.3 is 11.9 Å². The summed E-state index contributed by atoms with van der Waals surface area (Å²) < 4.78 is 16.5. The average molecular weight is 501 g/mol. The summed E-state index contributed by atoms with van der Waals surface area (Å²) in [6.07, 6.45) is 4.06. The van der Waals surface area contributed by atoms with Crippen molar-refractivity contribution < 1.29 is 23.8 Å². The van der Waals surface area contributed by atoms with Crippen LogP contribution >= 0.6 is 11.6 Å². The highest BCUT2D eigenvalue weighted by atomic mass is 35.5. The van der Waals surface area contributed by atoms with E-state index in [9.17, 15) is 9.59 Å². The van der Waals surface area contributed by atoms with E-state index in [1.54, 1.807) is 12.1 Å². The van der Waals surface area contributed by atoms with Crippen LogP contribution in [0, 0.1) is 11.8 Å². The summed E-state index contributed by atoms with van der Waals surface area (Å²) in [5.74, 6) is 1.37. The lowest BCUT2D eigenvalue weighted by atomic mass is 9.73. The van der Waals surface area contributed by atoms with E-state index >= 15 is 0 Å². The van der Waals surface area contributed by atoms with Crippen LogP contribution in [-0.4, -0.2) is 50.3 Å². The fourth-order valence-corrected chi connectivity index (χ4v) is 5.20. The third kappa shape index (κ3) is 5.89. The summed E-state index contributed by atoms with van der Waals surface area (Å²) in [5, 5.41) is 0.735. The number of anilines is 1. The van der Waals surface area contributed by atoms with Crippen LogP contribution in [0.15, 0.2) is 30.3 Å². The zero-order valence-electron chi connectivity index (χ0n) is 20.6. The molecule has 0 amide bonds. The van der Waals surface area contributed by atoms with E-state index in [0.29, 0.717) is 43.2 Å². The Balaban J connectivity index is 1.65. The summed E-state index contributed by atoms with van der Waals surface area (Å²) in [7, 11) is 1.35. The number of aryl methyl sites for hydroxylation is 1. The molecule has 2 aliphatic rings. The number of nitrogens with zero attached hydrogens (tertiary/aromatic N) is 2. The molecular weight excluding hydrogens is 468 g/mol. The second-order valence-corrected chi connectivity index (χ2v) is 9.85. The van der Waals surface area contributed by atoms with Gasteiger partial charge in [-0.05, 0) is 66.5 Å². The predicted molar refractivity (Wildman–Crippen MR) is 134 cm³/mol. The number of benzene rings is 1. The van der Waals surface area contributed by atoms with Crippen molar-refractivity contribution in [3.63, 3.8) is 0 Å². The predicted octanol–water partition coefficient (Wildman–Crippen LogP) is 5.05. The Morgan fingerprint density at radius 1 is 1.20 bits per heavy atom. The Labute approximate surface area is 211 Å². The maximum Gasteiger partial charge on any atom is 0.356 e. The topological polar surface area (TPSA) is 78.0 Å². The highest BCUT2D eigenvalue weighted by Gasteiger charge is 2.36. The molecule has 0 spiro atoms. The molecule has 2 heterocycles. The first-order valence-corrected chi connectivity index (χ1v) is 12.7. The molecule has 2 aromatic rings. The van der Waals surface area contributed by atoms with E-state index in [4.69, 9.17) is 25.8 Å². The molecule has 1 saturated carbocycles. The second-order valence-electron chi connectivity index (χ2n) is 9.42. The largest absolute Gasteiger partial charge is 0.489 e. The van der Waals surface area contributed by atoms with Crippen molar-refractivity contribution in [2.75, 3.05) is 38.3 Å². The molecule has 0 saturated heterocycles. The standard InChI is InChI=1S/C27H33ClN2O5/c1-4-5-18-12-22(28)8-9-23(18)21-14-30(13-19-6-7-20(19)15-34-17(2)31)26-25(35-16-21)11-10-24(29-26)27(32)33-3/h8-12,19-21H,4-7,13-16H2,1-3H3. The molecule has 7 nitrogen and oxygen atoms in total. The number of halogens is 1. The number of carbonyl (C=O) groups is 2. The van der Waals surface area contributed by atoms with Gasteiger partial charge in [0, 0.05) is 31.0 Å². The summed E-state index contributed by atoms with van der Waals surface area (Å²) in [6.45, 7) is 5.98. The van der Waals surface area contributed by atoms with Crippen molar-refractivity contribution in [2.24, 2.45) is 11.8 Å². The third-order valence-electron chi connectivity index (χ3n) is 7.01. The number of hydrogen-bond donors (Lipinski definition) is 0. The number of ether oxygens (including phenoxy) is 3. The fourth-order valence-electron chi connectivity index (χ4n) is 5.00. The maximum absolute atomic E-state index is 12.2. The summed E-state index contributed by atoms with van der Waals surface area (Å²) in [5.41, 5.74) is 2.72. The van der Waals surface area contributed by atoms with Crippen molar-refractivity contribution in [3.8, 4) is 5.75 Å². The Morgan fingerprint density at radius 2 is 2.00 bits per heavy atom. The Hall–Kier alpha value is -2.80. The van der Waals surface area contributed by atoms with Crippen LogP contribution in [0.1, 0.15) is 60.6 Å². The minimum atomic E-state index is -0.479. The molecule has 0 bridgehead atoms. The van der Waals surface area contributed by atoms with E-state index in [1.807, 2.05) is 6.07 Å². The first-order chi connectivity index (χ1) is 16.9. The number of methoxy groups -OCH3 is 1.